The third-order valence-electron chi connectivity index (χ3n) is 2.78. The number of hydrogen-bond donors (Lipinski definition) is 2. The number of anilines is 1. The van der Waals surface area contributed by atoms with Crippen LogP contribution in [0.1, 0.15) is 12.8 Å². The summed E-state index contributed by atoms with van der Waals surface area (Å²) < 4.78 is 1.88. The topological polar surface area (TPSA) is 59.0 Å². The van der Waals surface area contributed by atoms with E-state index in [2.05, 4.69) is 31.7 Å². The van der Waals surface area contributed by atoms with E-state index in [1.165, 1.54) is 4.68 Å². The van der Waals surface area contributed by atoms with Crippen LogP contribution in [-0.4, -0.2) is 28.9 Å². The Bertz CT molecular complexity index is 425. The second-order valence-electron chi connectivity index (χ2n) is 3.97. The van der Waals surface area contributed by atoms with Gasteiger partial charge in [-0.1, -0.05) is 0 Å². The number of halogens is 1. The van der Waals surface area contributed by atoms with Crippen LogP contribution in [0.3, 0.4) is 0 Å². The predicted molar refractivity (Wildman–Crippen MR) is 66.7 cm³/mol. The third-order valence-corrected chi connectivity index (χ3v) is 3.54. The lowest BCUT2D eigenvalue weighted by Crippen LogP contribution is -2.36. The molecule has 0 radical (unpaired) electrons. The molecule has 0 atom stereocenters. The molecule has 2 N–H and O–H groups in total. The van der Waals surface area contributed by atoms with Crippen molar-refractivity contribution in [1.29, 1.82) is 0 Å². The van der Waals surface area contributed by atoms with Crippen LogP contribution in [0.4, 0.5) is 5.69 Å². The molecule has 1 aliphatic rings. The Morgan fingerprint density at radius 3 is 2.94 bits per heavy atom. The maximum absolute atomic E-state index is 11.6. The lowest BCUT2D eigenvalue weighted by molar-refractivity contribution is 0.478. The van der Waals surface area contributed by atoms with E-state index < -0.39 is 0 Å². The standard InChI is InChI=1S/C10H15BrN4O/c1-15-10(16)9(11)8(6-13-15)14-7-2-4-12-5-3-7/h6-7,12,14H,2-5H2,1H3. The van der Waals surface area contributed by atoms with Gasteiger partial charge in [0.2, 0.25) is 0 Å². The highest BCUT2D eigenvalue weighted by Gasteiger charge is 2.15. The first-order chi connectivity index (χ1) is 7.68. The Morgan fingerprint density at radius 1 is 1.56 bits per heavy atom. The van der Waals surface area contributed by atoms with Gasteiger partial charge < -0.3 is 10.6 Å². The third kappa shape index (κ3) is 2.44. The number of rotatable bonds is 2. The molecular weight excluding hydrogens is 272 g/mol. The van der Waals surface area contributed by atoms with Gasteiger partial charge in [0.25, 0.3) is 5.56 Å². The molecule has 1 aromatic rings. The van der Waals surface area contributed by atoms with E-state index in [0.717, 1.165) is 31.6 Å². The first-order valence-electron chi connectivity index (χ1n) is 5.37. The van der Waals surface area contributed by atoms with Crippen molar-refractivity contribution in [3.05, 3.63) is 21.0 Å². The molecule has 0 unspecified atom stereocenters. The van der Waals surface area contributed by atoms with E-state index in [1.54, 1.807) is 13.2 Å². The molecule has 16 heavy (non-hydrogen) atoms. The van der Waals surface area contributed by atoms with Gasteiger partial charge in [-0.05, 0) is 41.9 Å². The van der Waals surface area contributed by atoms with Gasteiger partial charge in [0.15, 0.2) is 0 Å². The van der Waals surface area contributed by atoms with Crippen LogP contribution < -0.4 is 16.2 Å². The first-order valence-corrected chi connectivity index (χ1v) is 6.17. The molecule has 6 heteroatoms. The fraction of sp³-hybridized carbons (Fsp3) is 0.600. The molecule has 2 rings (SSSR count). The van der Waals surface area contributed by atoms with Crippen molar-refractivity contribution >= 4 is 21.6 Å². The van der Waals surface area contributed by atoms with Crippen LogP contribution in [0.5, 0.6) is 0 Å². The SMILES string of the molecule is Cn1ncc(NC2CCNCC2)c(Br)c1=O. The molecule has 0 saturated carbocycles. The predicted octanol–water partition coefficient (Wildman–Crippen LogP) is 0.707. The average Bonchev–Trinajstić information content (AvgIpc) is 2.31. The zero-order chi connectivity index (χ0) is 11.5. The van der Waals surface area contributed by atoms with Gasteiger partial charge in [-0.25, -0.2) is 4.68 Å². The number of aryl methyl sites for hydroxylation is 1. The van der Waals surface area contributed by atoms with Crippen molar-refractivity contribution in [3.8, 4) is 0 Å². The van der Waals surface area contributed by atoms with E-state index in [4.69, 9.17) is 0 Å². The van der Waals surface area contributed by atoms with Gasteiger partial charge in [0, 0.05) is 13.1 Å². The summed E-state index contributed by atoms with van der Waals surface area (Å²) in [6.07, 6.45) is 3.83. The van der Waals surface area contributed by atoms with Crippen LogP contribution >= 0.6 is 15.9 Å². The van der Waals surface area contributed by atoms with Crippen molar-refractivity contribution in [2.75, 3.05) is 18.4 Å². The molecule has 0 amide bonds. The highest BCUT2D eigenvalue weighted by Crippen LogP contribution is 2.19. The molecule has 0 bridgehead atoms. The summed E-state index contributed by atoms with van der Waals surface area (Å²) in [6, 6.07) is 0.423. The number of aromatic nitrogens is 2. The van der Waals surface area contributed by atoms with E-state index in [-0.39, 0.29) is 5.56 Å². The molecule has 1 fully saturated rings. The summed E-state index contributed by atoms with van der Waals surface area (Å²) in [5.41, 5.74) is 0.675. The maximum Gasteiger partial charge on any atom is 0.282 e. The van der Waals surface area contributed by atoms with Crippen LogP contribution in [0.15, 0.2) is 15.5 Å². The van der Waals surface area contributed by atoms with Gasteiger partial charge >= 0.3 is 0 Å². The second-order valence-corrected chi connectivity index (χ2v) is 4.76. The summed E-state index contributed by atoms with van der Waals surface area (Å²) >= 11 is 3.31. The van der Waals surface area contributed by atoms with Crippen molar-refractivity contribution < 1.29 is 0 Å². The van der Waals surface area contributed by atoms with E-state index >= 15 is 0 Å². The van der Waals surface area contributed by atoms with Gasteiger partial charge in [-0.3, -0.25) is 4.79 Å². The van der Waals surface area contributed by atoms with E-state index in [9.17, 15) is 4.79 Å². The van der Waals surface area contributed by atoms with Crippen molar-refractivity contribution in [3.63, 3.8) is 0 Å². The zero-order valence-corrected chi connectivity index (χ0v) is 10.7. The number of piperidine rings is 1. The average molecular weight is 287 g/mol. The van der Waals surface area contributed by atoms with E-state index in [1.807, 2.05) is 0 Å². The molecule has 2 heterocycles. The molecule has 1 saturated heterocycles. The van der Waals surface area contributed by atoms with Crippen LogP contribution in [0.25, 0.3) is 0 Å². The molecule has 0 aromatic carbocycles. The Labute approximate surface area is 102 Å². The Morgan fingerprint density at radius 2 is 2.25 bits per heavy atom. The fourth-order valence-corrected chi connectivity index (χ4v) is 2.27. The summed E-state index contributed by atoms with van der Waals surface area (Å²) in [6.45, 7) is 2.04. The monoisotopic (exact) mass is 286 g/mol. The summed E-state index contributed by atoms with van der Waals surface area (Å²) in [5, 5.41) is 10.7. The highest BCUT2D eigenvalue weighted by molar-refractivity contribution is 9.10. The minimum absolute atomic E-state index is 0.112. The summed E-state index contributed by atoms with van der Waals surface area (Å²) in [4.78, 5) is 11.6. The van der Waals surface area contributed by atoms with Crippen molar-refractivity contribution in [2.24, 2.45) is 7.05 Å². The normalized spacial score (nSPS) is 17.4. The molecule has 88 valence electrons. The molecule has 1 aromatic heterocycles. The Hall–Kier alpha value is -0.880. The number of hydrogen-bond acceptors (Lipinski definition) is 4. The van der Waals surface area contributed by atoms with Gasteiger partial charge in [-0.15, -0.1) is 0 Å². The van der Waals surface area contributed by atoms with Crippen LogP contribution in [0.2, 0.25) is 0 Å². The molecule has 1 aliphatic heterocycles. The molecule has 0 spiro atoms. The molecule has 0 aliphatic carbocycles. The Kier molecular flexibility index (Phi) is 3.60. The molecule has 5 nitrogen and oxygen atoms in total. The van der Waals surface area contributed by atoms with Crippen molar-refractivity contribution in [2.45, 2.75) is 18.9 Å². The maximum atomic E-state index is 11.6. The van der Waals surface area contributed by atoms with Crippen molar-refractivity contribution in [1.82, 2.24) is 15.1 Å². The number of nitrogens with one attached hydrogen (secondary N) is 2. The van der Waals surface area contributed by atoms with Crippen LogP contribution in [0, 0.1) is 0 Å². The fourth-order valence-electron chi connectivity index (χ4n) is 1.80. The summed E-state index contributed by atoms with van der Waals surface area (Å²) in [7, 11) is 1.64. The largest absolute Gasteiger partial charge is 0.380 e. The lowest BCUT2D eigenvalue weighted by atomic mass is 10.1. The highest BCUT2D eigenvalue weighted by atomic mass is 79.9. The lowest BCUT2D eigenvalue weighted by Gasteiger charge is -2.24. The molecular formula is C10H15BrN4O. The zero-order valence-electron chi connectivity index (χ0n) is 9.16. The minimum atomic E-state index is -0.112. The van der Waals surface area contributed by atoms with E-state index in [0.29, 0.717) is 10.5 Å². The number of nitrogens with zero attached hydrogens (tertiary/aromatic N) is 2. The van der Waals surface area contributed by atoms with Crippen LogP contribution in [-0.2, 0) is 7.05 Å². The quantitative estimate of drug-likeness (QED) is 0.841. The van der Waals surface area contributed by atoms with Gasteiger partial charge in [0.1, 0.15) is 4.47 Å². The summed E-state index contributed by atoms with van der Waals surface area (Å²) in [5.74, 6) is 0. The smallest absolute Gasteiger partial charge is 0.282 e. The van der Waals surface area contributed by atoms with Gasteiger partial charge in [-0.2, -0.15) is 5.10 Å². The minimum Gasteiger partial charge on any atom is -0.380 e. The Balaban J connectivity index is 2.15. The first kappa shape index (κ1) is 11.6. The second kappa shape index (κ2) is 4.97. The van der Waals surface area contributed by atoms with Gasteiger partial charge in [0.05, 0.1) is 11.9 Å².